The summed E-state index contributed by atoms with van der Waals surface area (Å²) in [6.07, 6.45) is 1.11. The lowest BCUT2D eigenvalue weighted by Gasteiger charge is -2.08. The number of hydrogen-bond acceptors (Lipinski definition) is 2. The zero-order valence-corrected chi connectivity index (χ0v) is 11.3. The van der Waals surface area contributed by atoms with Crippen LogP contribution in [0.4, 0.5) is 0 Å². The molecule has 0 bridgehead atoms. The molecule has 0 aliphatic rings. The Balaban J connectivity index is 1.93. The third-order valence-corrected chi connectivity index (χ3v) is 3.03. The molecular weight excluding hydrogens is 236 g/mol. The number of hydrogen-bond donors (Lipinski definition) is 0. The highest BCUT2D eigenvalue weighted by molar-refractivity contribution is 5.73. The summed E-state index contributed by atoms with van der Waals surface area (Å²) in [5, 5.41) is 0. The van der Waals surface area contributed by atoms with Crippen molar-refractivity contribution in [1.82, 2.24) is 0 Å². The van der Waals surface area contributed by atoms with Crippen LogP contribution in [0.5, 0.6) is 5.75 Å². The van der Waals surface area contributed by atoms with Crippen LogP contribution in [0.1, 0.15) is 23.1 Å². The first-order valence-electron chi connectivity index (χ1n) is 6.47. The molecular formula is C17H18O2. The zero-order chi connectivity index (χ0) is 13.7. The van der Waals surface area contributed by atoms with Crippen molar-refractivity contribution < 1.29 is 9.53 Å². The van der Waals surface area contributed by atoms with Crippen LogP contribution in [0, 0.1) is 13.8 Å². The second-order valence-electron chi connectivity index (χ2n) is 4.73. The summed E-state index contributed by atoms with van der Waals surface area (Å²) in [7, 11) is 0. The number of benzene rings is 2. The van der Waals surface area contributed by atoms with E-state index in [0.29, 0.717) is 18.6 Å². The van der Waals surface area contributed by atoms with E-state index in [0.717, 1.165) is 16.7 Å². The number of carbonyl (C=O) groups excluding carboxylic acids is 1. The van der Waals surface area contributed by atoms with Crippen molar-refractivity contribution in [1.29, 1.82) is 0 Å². The van der Waals surface area contributed by atoms with Crippen LogP contribution in [0.2, 0.25) is 0 Å². The van der Waals surface area contributed by atoms with Gasteiger partial charge in [0.25, 0.3) is 0 Å². The molecule has 0 fully saturated rings. The lowest BCUT2D eigenvalue weighted by Crippen LogP contribution is -2.10. The number of rotatable bonds is 4. The fraction of sp³-hybridized carbons (Fsp3) is 0.235. The number of aryl methyl sites for hydroxylation is 3. The molecule has 0 aliphatic heterocycles. The Morgan fingerprint density at radius 1 is 1.05 bits per heavy atom. The minimum absolute atomic E-state index is 0.183. The lowest BCUT2D eigenvalue weighted by molar-refractivity contribution is -0.134. The molecule has 0 unspecified atom stereocenters. The van der Waals surface area contributed by atoms with Gasteiger partial charge in [-0.2, -0.15) is 0 Å². The molecule has 0 N–H and O–H groups in total. The summed E-state index contributed by atoms with van der Waals surface area (Å²) in [5.74, 6) is 0.482. The van der Waals surface area contributed by atoms with Gasteiger partial charge in [-0.15, -0.1) is 0 Å². The largest absolute Gasteiger partial charge is 0.426 e. The highest BCUT2D eigenvalue weighted by Gasteiger charge is 2.07. The third kappa shape index (κ3) is 3.95. The fourth-order valence-electron chi connectivity index (χ4n) is 1.88. The maximum Gasteiger partial charge on any atom is 0.311 e. The van der Waals surface area contributed by atoms with Crippen LogP contribution in [0.25, 0.3) is 0 Å². The van der Waals surface area contributed by atoms with Gasteiger partial charge < -0.3 is 4.74 Å². The molecule has 19 heavy (non-hydrogen) atoms. The molecule has 0 radical (unpaired) electrons. The van der Waals surface area contributed by atoms with Gasteiger partial charge in [-0.05, 0) is 43.0 Å². The minimum Gasteiger partial charge on any atom is -0.426 e. The molecule has 2 aromatic rings. The quantitative estimate of drug-likeness (QED) is 0.612. The maximum atomic E-state index is 11.8. The van der Waals surface area contributed by atoms with Crippen LogP contribution >= 0.6 is 0 Å². The number of esters is 1. The van der Waals surface area contributed by atoms with Crippen LogP contribution in [-0.4, -0.2) is 5.97 Å². The Morgan fingerprint density at radius 2 is 1.79 bits per heavy atom. The Bertz CT molecular complexity index is 559. The van der Waals surface area contributed by atoms with Gasteiger partial charge in [0.2, 0.25) is 0 Å². The van der Waals surface area contributed by atoms with E-state index in [1.807, 2.05) is 62.4 Å². The van der Waals surface area contributed by atoms with E-state index < -0.39 is 0 Å². The van der Waals surface area contributed by atoms with Crippen LogP contribution < -0.4 is 4.74 Å². The van der Waals surface area contributed by atoms with Crippen molar-refractivity contribution in [2.75, 3.05) is 0 Å². The average molecular weight is 254 g/mol. The van der Waals surface area contributed by atoms with Crippen molar-refractivity contribution in [2.24, 2.45) is 0 Å². The highest BCUT2D eigenvalue weighted by atomic mass is 16.5. The molecule has 0 saturated carbocycles. The maximum absolute atomic E-state index is 11.8. The summed E-state index contributed by atoms with van der Waals surface area (Å²) < 4.78 is 5.41. The van der Waals surface area contributed by atoms with Gasteiger partial charge >= 0.3 is 5.97 Å². The molecule has 0 aromatic heterocycles. The Hall–Kier alpha value is -2.09. The Kier molecular flexibility index (Phi) is 4.35. The molecule has 98 valence electrons. The second-order valence-corrected chi connectivity index (χ2v) is 4.73. The van der Waals surface area contributed by atoms with Crippen LogP contribution in [-0.2, 0) is 11.2 Å². The summed E-state index contributed by atoms with van der Waals surface area (Å²) >= 11 is 0. The topological polar surface area (TPSA) is 26.3 Å². The van der Waals surface area contributed by atoms with E-state index in [2.05, 4.69) is 0 Å². The van der Waals surface area contributed by atoms with E-state index in [1.54, 1.807) is 0 Å². The monoisotopic (exact) mass is 254 g/mol. The van der Waals surface area contributed by atoms with Crippen molar-refractivity contribution >= 4 is 5.97 Å². The summed E-state index contributed by atoms with van der Waals surface area (Å²) in [4.78, 5) is 11.8. The van der Waals surface area contributed by atoms with E-state index in [1.165, 1.54) is 0 Å². The molecule has 0 heterocycles. The van der Waals surface area contributed by atoms with E-state index in [4.69, 9.17) is 4.74 Å². The van der Waals surface area contributed by atoms with Gasteiger partial charge in [0.05, 0.1) is 0 Å². The highest BCUT2D eigenvalue weighted by Crippen LogP contribution is 2.19. The molecule has 0 saturated heterocycles. The predicted molar refractivity (Wildman–Crippen MR) is 76.3 cm³/mol. The molecule has 0 aliphatic carbocycles. The third-order valence-electron chi connectivity index (χ3n) is 3.03. The molecule has 2 heteroatoms. The number of carbonyl (C=O) groups is 1. The SMILES string of the molecule is Cc1ccc(C)c(OC(=O)CCc2ccccc2)c1. The minimum atomic E-state index is -0.183. The summed E-state index contributed by atoms with van der Waals surface area (Å²) in [6, 6.07) is 15.8. The van der Waals surface area contributed by atoms with Gasteiger partial charge in [-0.25, -0.2) is 0 Å². The van der Waals surface area contributed by atoms with Gasteiger partial charge in [-0.1, -0.05) is 42.5 Å². The fourth-order valence-corrected chi connectivity index (χ4v) is 1.88. The Labute approximate surface area is 114 Å². The molecule has 0 amide bonds. The first-order chi connectivity index (χ1) is 9.15. The smallest absolute Gasteiger partial charge is 0.311 e. The van der Waals surface area contributed by atoms with Gasteiger partial charge in [-0.3, -0.25) is 4.79 Å². The van der Waals surface area contributed by atoms with E-state index in [-0.39, 0.29) is 5.97 Å². The van der Waals surface area contributed by atoms with E-state index in [9.17, 15) is 4.79 Å². The normalized spacial score (nSPS) is 10.2. The molecule has 0 atom stereocenters. The van der Waals surface area contributed by atoms with Crippen molar-refractivity contribution in [3.8, 4) is 5.75 Å². The van der Waals surface area contributed by atoms with Gasteiger partial charge in [0.15, 0.2) is 0 Å². The zero-order valence-electron chi connectivity index (χ0n) is 11.3. The first kappa shape index (κ1) is 13.3. The van der Waals surface area contributed by atoms with Crippen LogP contribution in [0.15, 0.2) is 48.5 Å². The van der Waals surface area contributed by atoms with Crippen molar-refractivity contribution in [3.05, 3.63) is 65.2 Å². The number of ether oxygens (including phenoxy) is 1. The molecule has 2 aromatic carbocycles. The van der Waals surface area contributed by atoms with Gasteiger partial charge in [0.1, 0.15) is 5.75 Å². The van der Waals surface area contributed by atoms with Gasteiger partial charge in [0, 0.05) is 6.42 Å². The standard InChI is InChI=1S/C17H18O2/c1-13-8-9-14(2)16(12-13)19-17(18)11-10-15-6-4-3-5-7-15/h3-9,12H,10-11H2,1-2H3. The Morgan fingerprint density at radius 3 is 2.53 bits per heavy atom. The van der Waals surface area contributed by atoms with Crippen LogP contribution in [0.3, 0.4) is 0 Å². The molecule has 2 rings (SSSR count). The molecule has 0 spiro atoms. The summed E-state index contributed by atoms with van der Waals surface area (Å²) in [5.41, 5.74) is 3.23. The lowest BCUT2D eigenvalue weighted by atomic mass is 10.1. The van der Waals surface area contributed by atoms with Crippen molar-refractivity contribution in [2.45, 2.75) is 26.7 Å². The second kappa shape index (κ2) is 6.19. The average Bonchev–Trinajstić information content (AvgIpc) is 2.42. The van der Waals surface area contributed by atoms with Crippen molar-refractivity contribution in [3.63, 3.8) is 0 Å². The first-order valence-corrected chi connectivity index (χ1v) is 6.47. The summed E-state index contributed by atoms with van der Waals surface area (Å²) in [6.45, 7) is 3.93. The predicted octanol–water partition coefficient (Wildman–Crippen LogP) is 3.84. The van der Waals surface area contributed by atoms with E-state index >= 15 is 0 Å². The molecule has 2 nitrogen and oxygen atoms in total.